The van der Waals surface area contributed by atoms with E-state index in [0.29, 0.717) is 43.6 Å². The van der Waals surface area contributed by atoms with Crippen LogP contribution in [0.15, 0.2) is 18.2 Å². The van der Waals surface area contributed by atoms with Crippen molar-refractivity contribution in [2.24, 2.45) is 5.92 Å². The zero-order valence-electron chi connectivity index (χ0n) is 22.4. The lowest BCUT2D eigenvalue weighted by atomic mass is 10.0. The van der Waals surface area contributed by atoms with Crippen LogP contribution in [0.1, 0.15) is 46.9 Å². The molecule has 1 aromatic carbocycles. The average Bonchev–Trinajstić information content (AvgIpc) is 3.18. The van der Waals surface area contributed by atoms with Gasteiger partial charge in [-0.3, -0.25) is 9.59 Å². The zero-order valence-corrected chi connectivity index (χ0v) is 23.9. The van der Waals surface area contributed by atoms with Crippen molar-refractivity contribution >= 4 is 57.7 Å². The van der Waals surface area contributed by atoms with Crippen LogP contribution >= 0.6 is 23.2 Å². The number of hydrogen-bond donors (Lipinski definition) is 2. The second-order valence-electron chi connectivity index (χ2n) is 9.21. The van der Waals surface area contributed by atoms with Crippen molar-refractivity contribution in [1.29, 1.82) is 0 Å². The summed E-state index contributed by atoms with van der Waals surface area (Å²) in [6, 6.07) is 4.27. The van der Waals surface area contributed by atoms with Crippen LogP contribution in [0.4, 0.5) is 5.69 Å². The Balaban J connectivity index is 2.37. The topological polar surface area (TPSA) is 106 Å². The fourth-order valence-electron chi connectivity index (χ4n) is 4.29. The van der Waals surface area contributed by atoms with E-state index in [2.05, 4.69) is 15.5 Å². The predicted octanol–water partition coefficient (Wildman–Crippen LogP) is 3.48. The van der Waals surface area contributed by atoms with Gasteiger partial charge in [0.2, 0.25) is 11.8 Å². The highest BCUT2D eigenvalue weighted by molar-refractivity contribution is 6.18. The number of alkyl halides is 2. The lowest BCUT2D eigenvalue weighted by molar-refractivity contribution is -0.148. The number of imidazole rings is 1. The monoisotopic (exact) mass is 555 g/mol. The van der Waals surface area contributed by atoms with Gasteiger partial charge in [-0.2, -0.15) is 0 Å². The number of hydrogen-bond acceptors (Lipinski definition) is 6. The summed E-state index contributed by atoms with van der Waals surface area (Å²) in [6.07, 6.45) is 0.586. The third-order valence-electron chi connectivity index (χ3n) is 5.88. The second-order valence-corrected chi connectivity index (χ2v) is 9.97. The number of ether oxygens (including phenoxy) is 1. The van der Waals surface area contributed by atoms with E-state index in [-0.39, 0.29) is 24.9 Å². The van der Waals surface area contributed by atoms with Gasteiger partial charge in [-0.25, -0.2) is 9.78 Å². The van der Waals surface area contributed by atoms with Crippen LogP contribution in [0.25, 0.3) is 11.0 Å². The minimum Gasteiger partial charge on any atom is -0.464 e. The normalized spacial score (nSPS) is 12.9. The van der Waals surface area contributed by atoms with Gasteiger partial charge in [-0.05, 0) is 44.4 Å². The Kier molecular flexibility index (Phi) is 12.5. The fourth-order valence-corrected chi connectivity index (χ4v) is 4.69. The first kappa shape index (κ1) is 30.7. The van der Waals surface area contributed by atoms with E-state index in [9.17, 15) is 14.4 Å². The summed E-state index contributed by atoms with van der Waals surface area (Å²) >= 11 is 12.0. The number of carbonyl (C=O) groups excluding carboxylic acids is 3. The number of anilines is 1. The Morgan fingerprint density at radius 2 is 1.76 bits per heavy atom. The van der Waals surface area contributed by atoms with Crippen LogP contribution in [-0.2, 0) is 32.1 Å². The van der Waals surface area contributed by atoms with E-state index >= 15 is 0 Å². The van der Waals surface area contributed by atoms with Gasteiger partial charge in [0, 0.05) is 50.4 Å². The summed E-state index contributed by atoms with van der Waals surface area (Å²) in [5.41, 5.74) is 2.65. The minimum atomic E-state index is -0.910. The summed E-state index contributed by atoms with van der Waals surface area (Å²) in [5, 5.41) is 5.51. The standard InChI is InChI=1S/C26H39Cl2N5O4/c1-6-33-23-9-8-19(32(12-10-27)13-11-28)15-20(23)30-24(33)16-21(29-18(5)34)25(35)31-22(14-17(3)4)26(36)37-7-2/h8-9,15,17,21-22H,6-7,10-14,16H2,1-5H3,(H,29,34)(H,31,35)/t21-,22-/m0/s1. The van der Waals surface area contributed by atoms with Gasteiger partial charge in [0.25, 0.3) is 0 Å². The molecule has 1 aromatic heterocycles. The molecule has 0 aliphatic carbocycles. The predicted molar refractivity (Wildman–Crippen MR) is 148 cm³/mol. The van der Waals surface area contributed by atoms with Gasteiger partial charge >= 0.3 is 5.97 Å². The van der Waals surface area contributed by atoms with Gasteiger partial charge in [-0.15, -0.1) is 23.2 Å². The average molecular weight is 557 g/mol. The van der Waals surface area contributed by atoms with Crippen molar-refractivity contribution in [3.8, 4) is 0 Å². The lowest BCUT2D eigenvalue weighted by Gasteiger charge is -2.23. The fraction of sp³-hybridized carbons (Fsp3) is 0.615. The van der Waals surface area contributed by atoms with Gasteiger partial charge in [-0.1, -0.05) is 13.8 Å². The summed E-state index contributed by atoms with van der Waals surface area (Å²) in [4.78, 5) is 44.6. The maximum absolute atomic E-state index is 13.3. The Morgan fingerprint density at radius 3 is 2.30 bits per heavy atom. The molecule has 1 heterocycles. The molecule has 0 spiro atoms. The lowest BCUT2D eigenvalue weighted by Crippen LogP contribution is -2.53. The number of benzene rings is 1. The van der Waals surface area contributed by atoms with E-state index in [1.165, 1.54) is 6.92 Å². The van der Waals surface area contributed by atoms with E-state index in [1.54, 1.807) is 6.92 Å². The molecule has 0 unspecified atom stereocenters. The number of aryl methyl sites for hydroxylation is 1. The van der Waals surface area contributed by atoms with Crippen molar-refractivity contribution in [3.63, 3.8) is 0 Å². The van der Waals surface area contributed by atoms with Crippen molar-refractivity contribution in [1.82, 2.24) is 20.2 Å². The van der Waals surface area contributed by atoms with E-state index in [4.69, 9.17) is 32.9 Å². The molecule has 0 saturated heterocycles. The number of nitrogens with zero attached hydrogens (tertiary/aromatic N) is 3. The number of amides is 2. The molecule has 0 aliphatic rings. The van der Waals surface area contributed by atoms with Crippen LogP contribution in [0, 0.1) is 5.92 Å². The summed E-state index contributed by atoms with van der Waals surface area (Å²) in [5.74, 6) is 0.459. The maximum Gasteiger partial charge on any atom is 0.328 e. The summed E-state index contributed by atoms with van der Waals surface area (Å²) < 4.78 is 7.17. The van der Waals surface area contributed by atoms with Gasteiger partial charge < -0.3 is 24.8 Å². The molecule has 2 N–H and O–H groups in total. The molecule has 37 heavy (non-hydrogen) atoms. The van der Waals surface area contributed by atoms with E-state index in [1.807, 2.05) is 43.5 Å². The van der Waals surface area contributed by atoms with Crippen LogP contribution in [0.2, 0.25) is 0 Å². The molecule has 0 radical (unpaired) electrons. The number of fused-ring (bicyclic) bond motifs is 1. The Morgan fingerprint density at radius 1 is 1.08 bits per heavy atom. The number of halogens is 2. The highest BCUT2D eigenvalue weighted by atomic mass is 35.5. The van der Waals surface area contributed by atoms with Crippen LogP contribution in [-0.4, -0.2) is 70.9 Å². The quantitative estimate of drug-likeness (QED) is 0.257. The molecule has 9 nitrogen and oxygen atoms in total. The molecule has 0 aliphatic heterocycles. The van der Waals surface area contributed by atoms with Gasteiger partial charge in [0.1, 0.15) is 17.9 Å². The molecule has 11 heteroatoms. The molecule has 0 saturated carbocycles. The highest BCUT2D eigenvalue weighted by Crippen LogP contribution is 2.24. The smallest absolute Gasteiger partial charge is 0.328 e. The Hall–Kier alpha value is -2.52. The molecular formula is C26H39Cl2N5O4. The molecule has 0 fully saturated rings. The second kappa shape index (κ2) is 15.0. The molecule has 206 valence electrons. The van der Waals surface area contributed by atoms with Crippen LogP contribution in [0.5, 0.6) is 0 Å². The molecule has 0 bridgehead atoms. The summed E-state index contributed by atoms with van der Waals surface area (Å²) in [6.45, 7) is 11.2. The van der Waals surface area contributed by atoms with Gasteiger partial charge in [0.15, 0.2) is 0 Å². The first-order valence-corrected chi connectivity index (χ1v) is 13.8. The SMILES string of the molecule is CCOC(=O)[C@H](CC(C)C)NC(=O)[C@H](Cc1nc2cc(N(CCCl)CCCl)ccc2n1CC)NC(C)=O. The Bertz CT molecular complexity index is 1050. The zero-order chi connectivity index (χ0) is 27.5. The van der Waals surface area contributed by atoms with Crippen LogP contribution in [0.3, 0.4) is 0 Å². The van der Waals surface area contributed by atoms with Crippen molar-refractivity contribution in [2.45, 2.75) is 66.1 Å². The molecule has 2 amide bonds. The maximum atomic E-state index is 13.3. The first-order valence-electron chi connectivity index (χ1n) is 12.7. The molecular weight excluding hydrogens is 517 g/mol. The van der Waals surface area contributed by atoms with Crippen LogP contribution < -0.4 is 15.5 Å². The summed E-state index contributed by atoms with van der Waals surface area (Å²) in [7, 11) is 0. The van der Waals surface area contributed by atoms with Crippen molar-refractivity contribution in [2.75, 3.05) is 36.4 Å². The number of aromatic nitrogens is 2. The number of nitrogens with one attached hydrogen (secondary N) is 2. The number of esters is 1. The number of rotatable bonds is 15. The largest absolute Gasteiger partial charge is 0.464 e. The Labute approximate surface area is 229 Å². The van der Waals surface area contributed by atoms with Gasteiger partial charge in [0.05, 0.1) is 17.6 Å². The third kappa shape index (κ3) is 8.78. The number of carbonyl (C=O) groups is 3. The highest BCUT2D eigenvalue weighted by Gasteiger charge is 2.29. The third-order valence-corrected chi connectivity index (χ3v) is 6.21. The molecule has 2 atom stereocenters. The van der Waals surface area contributed by atoms with E-state index in [0.717, 1.165) is 16.7 Å². The molecule has 2 rings (SSSR count). The minimum absolute atomic E-state index is 0.157. The first-order chi connectivity index (χ1) is 17.6. The van der Waals surface area contributed by atoms with Crippen molar-refractivity contribution < 1.29 is 19.1 Å². The van der Waals surface area contributed by atoms with E-state index < -0.39 is 24.0 Å². The molecule has 2 aromatic rings. The van der Waals surface area contributed by atoms with Crippen molar-refractivity contribution in [3.05, 3.63) is 24.0 Å².